The van der Waals surface area contributed by atoms with Gasteiger partial charge in [0.2, 0.25) is 0 Å². The Hall–Kier alpha value is 2.31. The number of hydrogen-bond donors (Lipinski definition) is 0. The molecule has 4 heteroatoms. The molecule has 0 radical (unpaired) electrons. The van der Waals surface area contributed by atoms with Crippen LogP contribution in [0, 0.1) is 0 Å². The Kier molecular flexibility index (Phi) is 75.0. The standard InChI is InChI=1S/Bi.Cu.Mo.S.3H. The molecule has 0 aliphatic heterocycles. The van der Waals surface area contributed by atoms with E-state index >= 15 is 0 Å². The summed E-state index contributed by atoms with van der Waals surface area (Å²) in [6.45, 7) is 0. The third-order valence-electron chi connectivity index (χ3n) is 0. The van der Waals surface area contributed by atoms with Gasteiger partial charge in [-0.05, 0) is 0 Å². The van der Waals surface area contributed by atoms with Crippen LogP contribution >= 0.6 is 10.6 Å². The molecule has 0 aromatic heterocycles. The van der Waals surface area contributed by atoms with Crippen molar-refractivity contribution in [1.82, 2.24) is 0 Å². The van der Waals surface area contributed by atoms with Gasteiger partial charge in [0.1, 0.15) is 0 Å². The van der Waals surface area contributed by atoms with E-state index in [4.69, 9.17) is 0 Å². The SMILES string of the molecule is [BiH3].[Mo].[S]=[Cu]. The van der Waals surface area contributed by atoms with Gasteiger partial charge in [0.15, 0.2) is 0 Å². The van der Waals surface area contributed by atoms with Gasteiger partial charge < -0.3 is 0 Å². The molecule has 0 N–H and O–H groups in total. The van der Waals surface area contributed by atoms with E-state index in [-0.39, 0.29) is 47.3 Å². The summed E-state index contributed by atoms with van der Waals surface area (Å²) in [5.74, 6) is 0. The summed E-state index contributed by atoms with van der Waals surface area (Å²) < 4.78 is 0. The van der Waals surface area contributed by atoms with E-state index in [1.807, 2.05) is 0 Å². The zero-order valence-corrected chi connectivity index (χ0v) is 11.1. The van der Waals surface area contributed by atoms with Gasteiger partial charge in [0, 0.05) is 21.1 Å². The van der Waals surface area contributed by atoms with Crippen molar-refractivity contribution in [2.75, 3.05) is 0 Å². The third kappa shape index (κ3) is 8.85. The Morgan fingerprint density at radius 1 is 1.25 bits per heavy atom. The van der Waals surface area contributed by atoms with Gasteiger partial charge in [0.05, 0.1) is 0 Å². The monoisotopic (exact) mass is 405 g/mol. The maximum atomic E-state index is 3.77. The first-order valence-electron chi connectivity index (χ1n) is 0.123. The van der Waals surface area contributed by atoms with E-state index in [1.54, 1.807) is 0 Å². The summed E-state index contributed by atoms with van der Waals surface area (Å²) in [6.07, 6.45) is 0. The molecule has 0 nitrogen and oxygen atoms in total. The van der Waals surface area contributed by atoms with Crippen molar-refractivity contribution in [2.45, 2.75) is 0 Å². The van der Waals surface area contributed by atoms with Crippen molar-refractivity contribution >= 4 is 36.8 Å². The molecule has 0 spiro atoms. The van der Waals surface area contributed by atoms with Gasteiger partial charge in [-0.1, -0.05) is 0 Å². The van der Waals surface area contributed by atoms with E-state index in [9.17, 15) is 0 Å². The maximum absolute atomic E-state index is 3.77. The fourth-order valence-corrected chi connectivity index (χ4v) is 0. The van der Waals surface area contributed by atoms with Crippen molar-refractivity contribution in [3.63, 3.8) is 0 Å². The van der Waals surface area contributed by atoms with E-state index in [2.05, 4.69) is 24.9 Å². The fourth-order valence-electron chi connectivity index (χ4n) is 0. The topological polar surface area (TPSA) is 0 Å². The molecule has 0 bridgehead atoms. The van der Waals surface area contributed by atoms with Crippen LogP contribution in [0.4, 0.5) is 0 Å². The van der Waals surface area contributed by atoms with Crippen LogP contribution in [0.25, 0.3) is 0 Å². The predicted molar refractivity (Wildman–Crippen MR) is 17.5 cm³/mol. The molecule has 0 aromatic carbocycles. The Labute approximate surface area is 71.2 Å². The van der Waals surface area contributed by atoms with E-state index < -0.39 is 0 Å². The Balaban J connectivity index is -0.00000000500. The minimum atomic E-state index is 0. The Morgan fingerprint density at radius 2 is 1.25 bits per heavy atom. The van der Waals surface area contributed by atoms with Crippen LogP contribution in [0.2, 0.25) is 0 Å². The van der Waals surface area contributed by atoms with Crippen LogP contribution in [0.15, 0.2) is 0 Å². The zero-order chi connectivity index (χ0) is 2.00. The molecular formula is H3BiCuMoS. The molecule has 0 heterocycles. The van der Waals surface area contributed by atoms with E-state index in [1.165, 1.54) is 0 Å². The van der Waals surface area contributed by atoms with E-state index in [0.717, 1.165) is 0 Å². The van der Waals surface area contributed by atoms with Crippen LogP contribution in [0.3, 0.4) is 0 Å². The molecule has 0 aliphatic rings. The summed E-state index contributed by atoms with van der Waals surface area (Å²) in [6, 6.07) is 0. The van der Waals surface area contributed by atoms with Crippen LogP contribution < -0.4 is 0 Å². The molecule has 0 saturated carbocycles. The van der Waals surface area contributed by atoms with Gasteiger partial charge >= 0.3 is 51.1 Å². The van der Waals surface area contributed by atoms with Crippen molar-refractivity contribution < 1.29 is 35.4 Å². The average Bonchev–Trinajstić information content (AvgIpc) is 1.00. The summed E-state index contributed by atoms with van der Waals surface area (Å²) >= 11 is 3.77. The molecule has 4 heavy (non-hydrogen) atoms. The number of hydrogen-bond acceptors (Lipinski definition) is 1. The molecule has 31 valence electrons. The Morgan fingerprint density at radius 3 is 1.25 bits per heavy atom. The van der Waals surface area contributed by atoms with Gasteiger partial charge in [-0.3, -0.25) is 0 Å². The third-order valence-corrected chi connectivity index (χ3v) is 0. The van der Waals surface area contributed by atoms with Gasteiger partial charge in [-0.2, -0.15) is 0 Å². The molecular weight excluding hydrogens is 401 g/mol. The molecule has 0 amide bonds. The molecule has 0 rings (SSSR count). The average molecular weight is 404 g/mol. The molecule has 0 fully saturated rings. The van der Waals surface area contributed by atoms with Crippen molar-refractivity contribution in [2.24, 2.45) is 0 Å². The second-order valence-corrected chi connectivity index (χ2v) is 0. The second kappa shape index (κ2) is 18.5. The molecule has 0 unspecified atom stereocenters. The zero-order valence-electron chi connectivity index (χ0n) is 1.83. The van der Waals surface area contributed by atoms with Crippen LogP contribution in [0.5, 0.6) is 0 Å². The first-order chi connectivity index (χ1) is 1.00. The summed E-state index contributed by atoms with van der Waals surface area (Å²) in [5, 5.41) is 0. The van der Waals surface area contributed by atoms with Crippen molar-refractivity contribution in [1.29, 1.82) is 0 Å². The van der Waals surface area contributed by atoms with E-state index in [0.29, 0.717) is 0 Å². The van der Waals surface area contributed by atoms with Crippen LogP contribution in [-0.2, 0) is 35.4 Å². The second-order valence-electron chi connectivity index (χ2n) is 0. The summed E-state index contributed by atoms with van der Waals surface area (Å²) in [5.41, 5.74) is 0. The molecule has 0 aromatic rings. The summed E-state index contributed by atoms with van der Waals surface area (Å²) in [7, 11) is 3.65. The van der Waals surface area contributed by atoms with Crippen LogP contribution in [-0.4, -0.2) is 26.2 Å². The molecule has 0 atom stereocenters. The number of rotatable bonds is 0. The molecule has 0 saturated heterocycles. The minimum absolute atomic E-state index is 0. The summed E-state index contributed by atoms with van der Waals surface area (Å²) in [4.78, 5) is 0. The fraction of sp³-hybridized carbons (Fsp3) is 0. The van der Waals surface area contributed by atoms with Gasteiger partial charge in [-0.15, -0.1) is 0 Å². The normalized spacial score (nSPS) is 1.50. The molecule has 0 aliphatic carbocycles. The van der Waals surface area contributed by atoms with Crippen molar-refractivity contribution in [3.05, 3.63) is 0 Å². The van der Waals surface area contributed by atoms with Crippen LogP contribution in [0.1, 0.15) is 0 Å². The first-order valence-corrected chi connectivity index (χ1v) is 1.52. The Bertz CT molecular complexity index is 8.00. The van der Waals surface area contributed by atoms with Gasteiger partial charge in [-0.25, -0.2) is 0 Å². The first kappa shape index (κ1) is 16.2. The van der Waals surface area contributed by atoms with Gasteiger partial charge in [0.25, 0.3) is 0 Å². The predicted octanol–water partition coefficient (Wildman–Crippen LogP) is -0.541. The quantitative estimate of drug-likeness (QED) is 0.490. The van der Waals surface area contributed by atoms with Crippen molar-refractivity contribution in [3.8, 4) is 0 Å².